The molecule has 0 radical (unpaired) electrons. The van der Waals surface area contributed by atoms with Crippen LogP contribution < -0.4 is 4.74 Å². The Morgan fingerprint density at radius 3 is 2.56 bits per heavy atom. The van der Waals surface area contributed by atoms with Crippen LogP contribution in [0.3, 0.4) is 0 Å². The number of hydrogen-bond donors (Lipinski definition) is 1. The molecule has 2 aliphatic carbocycles. The Balaban J connectivity index is 1.81. The minimum absolute atomic E-state index is 0.0411. The molecule has 2 aliphatic rings. The van der Waals surface area contributed by atoms with Gasteiger partial charge in [0.2, 0.25) is 0 Å². The fourth-order valence-electron chi connectivity index (χ4n) is 5.03. The number of carbonyl (C=O) groups is 1. The predicted octanol–water partition coefficient (Wildman–Crippen LogP) is 7.10. The van der Waals surface area contributed by atoms with Gasteiger partial charge in [0, 0.05) is 0 Å². The van der Waals surface area contributed by atoms with Crippen LogP contribution in [0.15, 0.2) is 23.8 Å². The second-order valence-electron chi connectivity index (χ2n) is 10.00. The molecule has 1 aromatic rings. The third-order valence-electron chi connectivity index (χ3n) is 7.99. The molecule has 2 fully saturated rings. The summed E-state index contributed by atoms with van der Waals surface area (Å²) in [5, 5.41) is 11.0. The maximum atomic E-state index is 11.5. The standard InChI is InChI=1S/C27H38AsClO3/c1-16(7-11-21-25(31)22(15-30)18(3)24(29)26(21)32-6)13-14-27(5)17(2)8-12-23(19(27)4)28-20-9-10-20/h7,13-15,17,19-20,23,28,31H,8-12H2,1-6H3/b14-13+,16-7+/t17-,19+,23?,27+/m1/s1. The van der Waals surface area contributed by atoms with Crippen molar-refractivity contribution in [2.75, 3.05) is 7.11 Å². The summed E-state index contributed by atoms with van der Waals surface area (Å²) < 4.78 is 7.52. The molecule has 176 valence electrons. The van der Waals surface area contributed by atoms with E-state index in [2.05, 4.69) is 45.9 Å². The Bertz CT molecular complexity index is 918. The monoisotopic (exact) mass is 520 g/mol. The van der Waals surface area contributed by atoms with E-state index >= 15 is 0 Å². The first-order chi connectivity index (χ1) is 15.1. The predicted molar refractivity (Wildman–Crippen MR) is 136 cm³/mol. The maximum absolute atomic E-state index is 11.5. The number of aldehydes is 1. The van der Waals surface area contributed by atoms with Crippen molar-refractivity contribution >= 4 is 33.6 Å². The summed E-state index contributed by atoms with van der Waals surface area (Å²) in [7, 11) is 1.54. The van der Waals surface area contributed by atoms with E-state index < -0.39 is 0 Å². The van der Waals surface area contributed by atoms with Gasteiger partial charge in [-0.3, -0.25) is 4.79 Å². The Labute approximate surface area is 205 Å². The number of allylic oxidation sites excluding steroid dienone is 4. The van der Waals surface area contributed by atoms with E-state index in [1.165, 1.54) is 32.8 Å². The third-order valence-corrected chi connectivity index (χ3v) is 13.2. The SMILES string of the molecule is COc1c(Cl)c(C)c(C=O)c(O)c1C/C=C(C)/C=C/[C@@]1(C)[C@H](C)CCC([AsH]C2CC2)[C@@H]1C. The summed E-state index contributed by atoms with van der Waals surface area (Å²) in [4.78, 5) is 11.5. The van der Waals surface area contributed by atoms with Crippen molar-refractivity contribution < 1.29 is 14.6 Å². The van der Waals surface area contributed by atoms with E-state index in [0.29, 0.717) is 40.5 Å². The third kappa shape index (κ3) is 5.15. The first-order valence-corrected chi connectivity index (χ1v) is 14.6. The van der Waals surface area contributed by atoms with Crippen LogP contribution in [0.4, 0.5) is 0 Å². The Kier molecular flexibility index (Phi) is 8.26. The van der Waals surface area contributed by atoms with Crippen LogP contribution in [0.25, 0.3) is 0 Å². The number of aromatic hydroxyl groups is 1. The minimum atomic E-state index is -0.0411. The normalized spacial score (nSPS) is 29.2. The van der Waals surface area contributed by atoms with Gasteiger partial charge in [-0.15, -0.1) is 0 Å². The number of hydrogen-bond acceptors (Lipinski definition) is 3. The summed E-state index contributed by atoms with van der Waals surface area (Å²) in [5.74, 6) is 1.81. The number of methoxy groups -OCH3 is 1. The summed E-state index contributed by atoms with van der Waals surface area (Å²) in [6, 6.07) is 0. The van der Waals surface area contributed by atoms with Crippen LogP contribution in [0.5, 0.6) is 11.5 Å². The van der Waals surface area contributed by atoms with Gasteiger partial charge in [-0.25, -0.2) is 0 Å². The number of phenolic OH excluding ortho intramolecular Hbond substituents is 1. The van der Waals surface area contributed by atoms with E-state index in [0.717, 1.165) is 20.9 Å². The molecule has 0 aromatic heterocycles. The van der Waals surface area contributed by atoms with Gasteiger partial charge in [0.25, 0.3) is 0 Å². The van der Waals surface area contributed by atoms with Gasteiger partial charge < -0.3 is 0 Å². The van der Waals surface area contributed by atoms with Crippen LogP contribution >= 0.6 is 11.6 Å². The van der Waals surface area contributed by atoms with Crippen LogP contribution in [-0.4, -0.2) is 34.3 Å². The molecular weight excluding hydrogens is 483 g/mol. The molecule has 32 heavy (non-hydrogen) atoms. The summed E-state index contributed by atoms with van der Waals surface area (Å²) in [5.41, 5.74) is 2.68. The fraction of sp³-hybridized carbons (Fsp3) is 0.593. The van der Waals surface area contributed by atoms with E-state index in [1.807, 2.05) is 0 Å². The van der Waals surface area contributed by atoms with Gasteiger partial charge in [-0.05, 0) is 6.92 Å². The number of phenols is 1. The zero-order valence-electron chi connectivity index (χ0n) is 20.3. The van der Waals surface area contributed by atoms with Gasteiger partial charge in [-0.1, -0.05) is 0 Å². The number of carbonyl (C=O) groups excluding carboxylic acids is 1. The zero-order valence-corrected chi connectivity index (χ0v) is 23.2. The zero-order chi connectivity index (χ0) is 23.6. The Morgan fingerprint density at radius 2 is 1.97 bits per heavy atom. The van der Waals surface area contributed by atoms with E-state index in [9.17, 15) is 9.90 Å². The first kappa shape index (κ1) is 25.4. The molecule has 0 heterocycles. The molecule has 0 bridgehead atoms. The van der Waals surface area contributed by atoms with E-state index in [4.69, 9.17) is 16.3 Å². The van der Waals surface area contributed by atoms with Crippen LogP contribution in [0.2, 0.25) is 14.4 Å². The first-order valence-electron chi connectivity index (χ1n) is 11.8. The Morgan fingerprint density at radius 1 is 1.28 bits per heavy atom. The van der Waals surface area contributed by atoms with E-state index in [-0.39, 0.29) is 32.5 Å². The molecule has 0 amide bonds. The van der Waals surface area contributed by atoms with Crippen molar-refractivity contribution in [2.24, 2.45) is 17.3 Å². The molecular formula is C27H38AsClO3. The molecule has 3 rings (SSSR count). The Hall–Kier alpha value is -1.18. The van der Waals surface area contributed by atoms with Crippen molar-refractivity contribution in [1.29, 1.82) is 0 Å². The molecule has 0 aliphatic heterocycles. The van der Waals surface area contributed by atoms with Crippen LogP contribution in [0, 0.1) is 24.2 Å². The number of halogens is 1. The van der Waals surface area contributed by atoms with Crippen molar-refractivity contribution in [2.45, 2.75) is 76.1 Å². The number of ether oxygens (including phenoxy) is 1. The molecule has 2 saturated carbocycles. The molecule has 1 aromatic carbocycles. The van der Waals surface area contributed by atoms with Gasteiger partial charge in [0.15, 0.2) is 0 Å². The van der Waals surface area contributed by atoms with Gasteiger partial charge >= 0.3 is 194 Å². The number of rotatable bonds is 8. The van der Waals surface area contributed by atoms with Gasteiger partial charge in [-0.2, -0.15) is 0 Å². The molecule has 1 N–H and O–H groups in total. The molecule has 3 nitrogen and oxygen atoms in total. The average molecular weight is 521 g/mol. The van der Waals surface area contributed by atoms with Crippen LogP contribution in [0.1, 0.15) is 74.9 Å². The van der Waals surface area contributed by atoms with Gasteiger partial charge in [0.1, 0.15) is 0 Å². The molecule has 0 spiro atoms. The van der Waals surface area contributed by atoms with Crippen molar-refractivity contribution in [3.05, 3.63) is 45.5 Å². The van der Waals surface area contributed by atoms with Crippen molar-refractivity contribution in [3.63, 3.8) is 0 Å². The second-order valence-corrected chi connectivity index (χ2v) is 14.3. The quantitative estimate of drug-likeness (QED) is 0.226. The average Bonchev–Trinajstić information content (AvgIpc) is 3.59. The summed E-state index contributed by atoms with van der Waals surface area (Å²) >= 11 is 6.58. The fourth-order valence-corrected chi connectivity index (χ4v) is 9.70. The summed E-state index contributed by atoms with van der Waals surface area (Å²) in [6.07, 6.45) is 13.6. The molecule has 2 unspecified atom stereocenters. The van der Waals surface area contributed by atoms with E-state index in [1.54, 1.807) is 6.92 Å². The topological polar surface area (TPSA) is 46.5 Å². The van der Waals surface area contributed by atoms with Crippen LogP contribution in [-0.2, 0) is 6.42 Å². The summed E-state index contributed by atoms with van der Waals surface area (Å²) in [6.45, 7) is 11.1. The van der Waals surface area contributed by atoms with Crippen molar-refractivity contribution in [3.8, 4) is 11.5 Å². The molecule has 5 heteroatoms. The molecule has 0 saturated heterocycles. The van der Waals surface area contributed by atoms with Gasteiger partial charge in [0.05, 0.1) is 0 Å². The van der Waals surface area contributed by atoms with Crippen molar-refractivity contribution in [1.82, 2.24) is 0 Å². The number of benzene rings is 1. The second kappa shape index (κ2) is 10.4. The molecule has 5 atom stereocenters.